The van der Waals surface area contributed by atoms with Crippen LogP contribution in [0.25, 0.3) is 0 Å². The Labute approximate surface area is 125 Å². The molecule has 0 atom stereocenters. The highest BCUT2D eigenvalue weighted by Gasteiger charge is 2.14. The van der Waals surface area contributed by atoms with E-state index in [2.05, 4.69) is 32.9 Å². The first-order valence-corrected chi connectivity index (χ1v) is 7.05. The van der Waals surface area contributed by atoms with Crippen molar-refractivity contribution in [2.24, 2.45) is 5.73 Å². The molecule has 0 heterocycles. The number of hydrogen-bond donors (Lipinski definition) is 1. The Balaban J connectivity index is 2.27. The summed E-state index contributed by atoms with van der Waals surface area (Å²) >= 11 is 6.18. The summed E-state index contributed by atoms with van der Waals surface area (Å²) in [6, 6.07) is 13.7. The number of nitrogens with two attached hydrogens (primary N) is 1. The highest BCUT2D eigenvalue weighted by molar-refractivity contribution is 6.32. The van der Waals surface area contributed by atoms with Crippen molar-refractivity contribution in [2.45, 2.75) is 32.7 Å². The van der Waals surface area contributed by atoms with Gasteiger partial charge in [-0.15, -0.1) is 0 Å². The smallest absolute Gasteiger partial charge is 0.150 e. The molecule has 0 fully saturated rings. The summed E-state index contributed by atoms with van der Waals surface area (Å²) in [5, 5.41) is 0.577. The van der Waals surface area contributed by atoms with Crippen LogP contribution in [0.15, 0.2) is 42.5 Å². The molecule has 0 bridgehead atoms. The van der Waals surface area contributed by atoms with Gasteiger partial charge in [0.05, 0.1) is 5.02 Å². The molecule has 0 radical (unpaired) electrons. The third-order valence-corrected chi connectivity index (χ3v) is 3.51. The average molecular weight is 290 g/mol. The number of halogens is 1. The van der Waals surface area contributed by atoms with Gasteiger partial charge in [0, 0.05) is 12.1 Å². The number of ether oxygens (including phenoxy) is 1. The lowest BCUT2D eigenvalue weighted by Gasteiger charge is -2.19. The van der Waals surface area contributed by atoms with E-state index in [1.807, 2.05) is 24.3 Å². The molecular weight excluding hydrogens is 270 g/mol. The molecule has 0 saturated heterocycles. The highest BCUT2D eigenvalue weighted by Crippen LogP contribution is 2.33. The van der Waals surface area contributed by atoms with E-state index in [9.17, 15) is 0 Å². The van der Waals surface area contributed by atoms with E-state index < -0.39 is 0 Å². The average Bonchev–Trinajstić information content (AvgIpc) is 2.40. The van der Waals surface area contributed by atoms with Crippen LogP contribution in [-0.2, 0) is 12.0 Å². The van der Waals surface area contributed by atoms with Gasteiger partial charge in [-0.3, -0.25) is 0 Å². The van der Waals surface area contributed by atoms with E-state index in [-0.39, 0.29) is 5.41 Å². The minimum Gasteiger partial charge on any atom is -0.455 e. The number of para-hydroxylation sites is 1. The van der Waals surface area contributed by atoms with Crippen LogP contribution in [-0.4, -0.2) is 0 Å². The van der Waals surface area contributed by atoms with Gasteiger partial charge in [-0.25, -0.2) is 0 Å². The van der Waals surface area contributed by atoms with Crippen molar-refractivity contribution in [1.29, 1.82) is 0 Å². The van der Waals surface area contributed by atoms with Gasteiger partial charge in [0.1, 0.15) is 11.5 Å². The van der Waals surface area contributed by atoms with E-state index in [0.717, 1.165) is 11.3 Å². The summed E-state index contributed by atoms with van der Waals surface area (Å²) in [5.41, 5.74) is 8.01. The molecule has 106 valence electrons. The van der Waals surface area contributed by atoms with Crippen LogP contribution in [0.2, 0.25) is 5.02 Å². The quantitative estimate of drug-likeness (QED) is 0.873. The van der Waals surface area contributed by atoms with Crippen LogP contribution in [0.4, 0.5) is 0 Å². The summed E-state index contributed by atoms with van der Waals surface area (Å²) in [6.45, 7) is 6.95. The van der Waals surface area contributed by atoms with Gasteiger partial charge in [-0.1, -0.05) is 56.6 Å². The molecule has 0 spiro atoms. The number of benzene rings is 2. The van der Waals surface area contributed by atoms with E-state index in [0.29, 0.717) is 17.3 Å². The molecule has 0 aromatic heterocycles. The lowest BCUT2D eigenvalue weighted by atomic mass is 9.87. The number of hydrogen-bond acceptors (Lipinski definition) is 2. The molecule has 20 heavy (non-hydrogen) atoms. The molecule has 0 aliphatic rings. The zero-order valence-electron chi connectivity index (χ0n) is 12.1. The summed E-state index contributed by atoms with van der Waals surface area (Å²) in [5.74, 6) is 1.40. The van der Waals surface area contributed by atoms with Crippen molar-refractivity contribution in [1.82, 2.24) is 0 Å². The van der Waals surface area contributed by atoms with Crippen LogP contribution < -0.4 is 10.5 Å². The Kier molecular flexibility index (Phi) is 4.36. The molecule has 0 amide bonds. The SMILES string of the molecule is CC(C)(C)c1ccc(Oc2c(Cl)cccc2CN)cc1. The van der Waals surface area contributed by atoms with E-state index >= 15 is 0 Å². The molecule has 0 aliphatic heterocycles. The molecule has 0 aliphatic carbocycles. The van der Waals surface area contributed by atoms with Crippen LogP contribution in [0.1, 0.15) is 31.9 Å². The fourth-order valence-corrected chi connectivity index (χ4v) is 2.20. The van der Waals surface area contributed by atoms with Gasteiger partial charge in [0.15, 0.2) is 0 Å². The predicted molar refractivity (Wildman–Crippen MR) is 84.6 cm³/mol. The Hall–Kier alpha value is -1.51. The summed E-state index contributed by atoms with van der Waals surface area (Å²) in [4.78, 5) is 0. The summed E-state index contributed by atoms with van der Waals surface area (Å²) in [6.07, 6.45) is 0. The van der Waals surface area contributed by atoms with Gasteiger partial charge in [0.25, 0.3) is 0 Å². The highest BCUT2D eigenvalue weighted by atomic mass is 35.5. The molecule has 2 N–H and O–H groups in total. The van der Waals surface area contributed by atoms with Gasteiger partial charge < -0.3 is 10.5 Å². The van der Waals surface area contributed by atoms with Crippen LogP contribution in [0.3, 0.4) is 0 Å². The second-order valence-corrected chi connectivity index (χ2v) is 6.22. The lowest BCUT2D eigenvalue weighted by molar-refractivity contribution is 0.475. The molecule has 2 nitrogen and oxygen atoms in total. The zero-order valence-corrected chi connectivity index (χ0v) is 12.9. The fourth-order valence-electron chi connectivity index (χ4n) is 1.97. The Morgan fingerprint density at radius 1 is 1.05 bits per heavy atom. The Bertz CT molecular complexity index is 585. The van der Waals surface area contributed by atoms with E-state index in [1.165, 1.54) is 5.56 Å². The first kappa shape index (κ1) is 14.9. The monoisotopic (exact) mass is 289 g/mol. The van der Waals surface area contributed by atoms with Gasteiger partial charge in [-0.2, -0.15) is 0 Å². The Morgan fingerprint density at radius 3 is 2.25 bits per heavy atom. The molecule has 3 heteroatoms. The van der Waals surface area contributed by atoms with Crippen LogP contribution in [0.5, 0.6) is 11.5 Å². The zero-order chi connectivity index (χ0) is 14.8. The summed E-state index contributed by atoms with van der Waals surface area (Å²) in [7, 11) is 0. The normalized spacial score (nSPS) is 11.4. The third-order valence-electron chi connectivity index (χ3n) is 3.21. The lowest BCUT2D eigenvalue weighted by Crippen LogP contribution is -2.10. The topological polar surface area (TPSA) is 35.2 Å². The van der Waals surface area contributed by atoms with Gasteiger partial charge in [-0.05, 0) is 29.2 Å². The molecule has 2 aromatic rings. The van der Waals surface area contributed by atoms with Crippen molar-refractivity contribution in [3.63, 3.8) is 0 Å². The minimum atomic E-state index is 0.130. The van der Waals surface area contributed by atoms with Gasteiger partial charge >= 0.3 is 0 Å². The van der Waals surface area contributed by atoms with E-state index in [1.54, 1.807) is 6.07 Å². The molecule has 0 unspecified atom stereocenters. The maximum absolute atomic E-state index is 6.18. The second-order valence-electron chi connectivity index (χ2n) is 5.81. The fraction of sp³-hybridized carbons (Fsp3) is 0.294. The molecule has 0 saturated carbocycles. The largest absolute Gasteiger partial charge is 0.455 e. The molecular formula is C17H20ClNO. The minimum absolute atomic E-state index is 0.130. The van der Waals surface area contributed by atoms with Crippen molar-refractivity contribution < 1.29 is 4.74 Å². The van der Waals surface area contributed by atoms with Crippen molar-refractivity contribution in [3.8, 4) is 11.5 Å². The first-order chi connectivity index (χ1) is 9.41. The van der Waals surface area contributed by atoms with Gasteiger partial charge in [0.2, 0.25) is 0 Å². The van der Waals surface area contributed by atoms with Crippen molar-refractivity contribution in [2.75, 3.05) is 0 Å². The molecule has 2 aromatic carbocycles. The van der Waals surface area contributed by atoms with E-state index in [4.69, 9.17) is 22.1 Å². The number of rotatable bonds is 3. The maximum atomic E-state index is 6.18. The summed E-state index contributed by atoms with van der Waals surface area (Å²) < 4.78 is 5.89. The second kappa shape index (κ2) is 5.86. The Morgan fingerprint density at radius 2 is 1.70 bits per heavy atom. The predicted octanol–water partition coefficient (Wildman–Crippen LogP) is 4.89. The van der Waals surface area contributed by atoms with Crippen molar-refractivity contribution in [3.05, 3.63) is 58.6 Å². The first-order valence-electron chi connectivity index (χ1n) is 6.67. The standard InChI is InChI=1S/C17H20ClNO/c1-17(2,3)13-7-9-14(10-8-13)20-16-12(11-19)5-4-6-15(16)18/h4-10H,11,19H2,1-3H3. The maximum Gasteiger partial charge on any atom is 0.150 e. The molecule has 2 rings (SSSR count). The van der Waals surface area contributed by atoms with Crippen LogP contribution >= 0.6 is 11.6 Å². The van der Waals surface area contributed by atoms with Crippen LogP contribution in [0, 0.1) is 0 Å². The van der Waals surface area contributed by atoms with Crippen molar-refractivity contribution >= 4 is 11.6 Å². The third kappa shape index (κ3) is 3.33.